The predicted octanol–water partition coefficient (Wildman–Crippen LogP) is 1.68. The standard InChI is InChI=1S/C12H16N2O/c1-9(2)10(3)12(15)14-8-11-4-6-13-7-5-11/h3-7,9-10H,8H2,1-2H3,(H,14,15). The number of carbonyl (C=O) groups is 1. The van der Waals surface area contributed by atoms with E-state index in [9.17, 15) is 4.79 Å². The van der Waals surface area contributed by atoms with E-state index >= 15 is 0 Å². The van der Waals surface area contributed by atoms with Crippen LogP contribution in [0.25, 0.3) is 0 Å². The first-order valence-electron chi connectivity index (χ1n) is 5.03. The van der Waals surface area contributed by atoms with Gasteiger partial charge in [-0.05, 0) is 30.5 Å². The third kappa shape index (κ3) is 3.70. The summed E-state index contributed by atoms with van der Waals surface area (Å²) in [6.45, 7) is 10.1. The van der Waals surface area contributed by atoms with Crippen molar-refractivity contribution in [2.45, 2.75) is 20.4 Å². The number of amides is 1. The Kier molecular flexibility index (Phi) is 4.28. The quantitative estimate of drug-likeness (QED) is 0.810. The Morgan fingerprint density at radius 3 is 2.60 bits per heavy atom. The second-order valence-corrected chi connectivity index (χ2v) is 3.84. The van der Waals surface area contributed by atoms with E-state index in [-0.39, 0.29) is 11.8 Å². The minimum atomic E-state index is -0.438. The molecule has 0 aliphatic carbocycles. The first kappa shape index (κ1) is 11.7. The minimum Gasteiger partial charge on any atom is -0.352 e. The third-order valence-electron chi connectivity index (χ3n) is 2.24. The fourth-order valence-electron chi connectivity index (χ4n) is 1.11. The second-order valence-electron chi connectivity index (χ2n) is 3.84. The summed E-state index contributed by atoms with van der Waals surface area (Å²) in [6.07, 6.45) is 3.40. The lowest BCUT2D eigenvalue weighted by molar-refractivity contribution is -0.124. The predicted molar refractivity (Wildman–Crippen MR) is 58.7 cm³/mol. The van der Waals surface area contributed by atoms with Gasteiger partial charge < -0.3 is 5.32 Å². The third-order valence-corrected chi connectivity index (χ3v) is 2.24. The molecule has 3 heteroatoms. The maximum absolute atomic E-state index is 11.5. The van der Waals surface area contributed by atoms with Gasteiger partial charge in [0.25, 0.3) is 0 Å². The molecule has 1 heterocycles. The van der Waals surface area contributed by atoms with Crippen LogP contribution in [0.5, 0.6) is 0 Å². The van der Waals surface area contributed by atoms with Crippen molar-refractivity contribution in [2.75, 3.05) is 0 Å². The molecule has 80 valence electrons. The summed E-state index contributed by atoms with van der Waals surface area (Å²) >= 11 is 0. The molecule has 0 fully saturated rings. The average molecular weight is 204 g/mol. The van der Waals surface area contributed by atoms with Crippen LogP contribution in [0.2, 0.25) is 0 Å². The molecule has 0 saturated heterocycles. The normalized spacial score (nSPS) is 12.5. The number of hydrogen-bond acceptors (Lipinski definition) is 2. The Balaban J connectivity index is 2.41. The molecule has 1 atom stereocenters. The second kappa shape index (κ2) is 5.49. The van der Waals surface area contributed by atoms with Gasteiger partial charge in [-0.2, -0.15) is 0 Å². The van der Waals surface area contributed by atoms with Gasteiger partial charge >= 0.3 is 0 Å². The van der Waals surface area contributed by atoms with Gasteiger partial charge in [-0.3, -0.25) is 9.78 Å². The molecule has 0 bridgehead atoms. The van der Waals surface area contributed by atoms with Crippen LogP contribution >= 0.6 is 0 Å². The molecule has 1 aromatic heterocycles. The van der Waals surface area contributed by atoms with Gasteiger partial charge in [0.1, 0.15) is 0 Å². The SMILES string of the molecule is [CH]C(C(=O)NCc1ccncc1)C(C)C. The van der Waals surface area contributed by atoms with Crippen LogP contribution in [0.15, 0.2) is 24.5 Å². The first-order chi connectivity index (χ1) is 7.11. The smallest absolute Gasteiger partial charge is 0.223 e. The van der Waals surface area contributed by atoms with E-state index in [1.54, 1.807) is 12.4 Å². The number of nitrogens with one attached hydrogen (secondary N) is 1. The number of nitrogens with zero attached hydrogens (tertiary/aromatic N) is 1. The summed E-state index contributed by atoms with van der Waals surface area (Å²) in [5, 5.41) is 2.79. The highest BCUT2D eigenvalue weighted by molar-refractivity contribution is 5.79. The maximum atomic E-state index is 11.5. The first-order valence-corrected chi connectivity index (χ1v) is 5.03. The van der Waals surface area contributed by atoms with Crippen molar-refractivity contribution >= 4 is 5.91 Å². The molecular formula is C12H16N2O. The van der Waals surface area contributed by atoms with Gasteiger partial charge in [-0.25, -0.2) is 0 Å². The summed E-state index contributed by atoms with van der Waals surface area (Å²) in [7, 11) is 0. The monoisotopic (exact) mass is 204 g/mol. The Morgan fingerprint density at radius 2 is 2.07 bits per heavy atom. The van der Waals surface area contributed by atoms with Crippen molar-refractivity contribution in [1.82, 2.24) is 10.3 Å². The zero-order valence-corrected chi connectivity index (χ0v) is 9.10. The highest BCUT2D eigenvalue weighted by Crippen LogP contribution is 2.09. The Hall–Kier alpha value is -1.38. The zero-order valence-electron chi connectivity index (χ0n) is 9.10. The van der Waals surface area contributed by atoms with Gasteiger partial charge in [-0.1, -0.05) is 13.8 Å². The van der Waals surface area contributed by atoms with E-state index in [1.807, 2.05) is 26.0 Å². The molecule has 1 N–H and O–H groups in total. The van der Waals surface area contributed by atoms with Crippen LogP contribution in [0.1, 0.15) is 19.4 Å². The zero-order chi connectivity index (χ0) is 11.3. The number of hydrogen-bond donors (Lipinski definition) is 1. The Morgan fingerprint density at radius 1 is 1.47 bits per heavy atom. The summed E-state index contributed by atoms with van der Waals surface area (Å²) in [4.78, 5) is 15.4. The van der Waals surface area contributed by atoms with Crippen LogP contribution in [0.3, 0.4) is 0 Å². The molecule has 0 saturated carbocycles. The molecule has 1 unspecified atom stereocenters. The summed E-state index contributed by atoms with van der Waals surface area (Å²) < 4.78 is 0. The van der Waals surface area contributed by atoms with Gasteiger partial charge in [0.05, 0.1) is 0 Å². The Labute approximate surface area is 90.9 Å². The van der Waals surface area contributed by atoms with E-state index in [0.717, 1.165) is 5.56 Å². The largest absolute Gasteiger partial charge is 0.352 e. The lowest BCUT2D eigenvalue weighted by Crippen LogP contribution is -2.31. The van der Waals surface area contributed by atoms with Crippen LogP contribution in [0.4, 0.5) is 0 Å². The summed E-state index contributed by atoms with van der Waals surface area (Å²) in [6, 6.07) is 3.72. The molecule has 0 aromatic carbocycles. The van der Waals surface area contributed by atoms with Crippen molar-refractivity contribution in [3.8, 4) is 0 Å². The molecule has 1 aromatic rings. The van der Waals surface area contributed by atoms with E-state index in [2.05, 4.69) is 10.3 Å². The topological polar surface area (TPSA) is 42.0 Å². The molecule has 0 aliphatic rings. The number of carbonyl (C=O) groups excluding carboxylic acids is 1. The molecule has 15 heavy (non-hydrogen) atoms. The van der Waals surface area contributed by atoms with E-state index < -0.39 is 5.92 Å². The van der Waals surface area contributed by atoms with Crippen LogP contribution in [-0.2, 0) is 11.3 Å². The van der Waals surface area contributed by atoms with E-state index in [0.29, 0.717) is 6.54 Å². The average Bonchev–Trinajstić information content (AvgIpc) is 2.26. The summed E-state index contributed by atoms with van der Waals surface area (Å²) in [5.41, 5.74) is 1.02. The highest BCUT2D eigenvalue weighted by atomic mass is 16.1. The fourth-order valence-corrected chi connectivity index (χ4v) is 1.11. The van der Waals surface area contributed by atoms with Crippen LogP contribution in [-0.4, -0.2) is 10.9 Å². The Bertz CT molecular complexity index is 309. The maximum Gasteiger partial charge on any atom is 0.223 e. The van der Waals surface area contributed by atoms with Crippen LogP contribution in [0, 0.1) is 18.8 Å². The van der Waals surface area contributed by atoms with Crippen molar-refractivity contribution in [2.24, 2.45) is 11.8 Å². The molecule has 1 rings (SSSR count). The number of rotatable bonds is 4. The number of aromatic nitrogens is 1. The molecule has 2 radical (unpaired) electrons. The molecule has 1 amide bonds. The summed E-state index contributed by atoms with van der Waals surface area (Å²) in [5.74, 6) is -0.393. The van der Waals surface area contributed by atoms with E-state index in [4.69, 9.17) is 6.92 Å². The fraction of sp³-hybridized carbons (Fsp3) is 0.417. The van der Waals surface area contributed by atoms with Crippen molar-refractivity contribution in [3.05, 3.63) is 37.0 Å². The lowest BCUT2D eigenvalue weighted by Gasteiger charge is -2.14. The van der Waals surface area contributed by atoms with Gasteiger partial charge in [0.2, 0.25) is 5.91 Å². The van der Waals surface area contributed by atoms with Gasteiger partial charge in [0.15, 0.2) is 0 Å². The molecule has 3 nitrogen and oxygen atoms in total. The van der Waals surface area contributed by atoms with E-state index in [1.165, 1.54) is 0 Å². The van der Waals surface area contributed by atoms with Crippen molar-refractivity contribution in [1.29, 1.82) is 0 Å². The van der Waals surface area contributed by atoms with Crippen LogP contribution < -0.4 is 5.32 Å². The van der Waals surface area contributed by atoms with Gasteiger partial charge in [0, 0.05) is 24.9 Å². The lowest BCUT2D eigenvalue weighted by atomic mass is 9.97. The minimum absolute atomic E-state index is 0.109. The molecule has 0 aliphatic heterocycles. The highest BCUT2D eigenvalue weighted by Gasteiger charge is 2.15. The number of pyridine rings is 1. The van der Waals surface area contributed by atoms with Gasteiger partial charge in [-0.15, -0.1) is 0 Å². The van der Waals surface area contributed by atoms with Crippen molar-refractivity contribution < 1.29 is 4.79 Å². The van der Waals surface area contributed by atoms with Crippen molar-refractivity contribution in [3.63, 3.8) is 0 Å². The molecular weight excluding hydrogens is 188 g/mol. The molecule has 0 spiro atoms.